The van der Waals surface area contributed by atoms with Crippen LogP contribution in [0.1, 0.15) is 5.56 Å². The van der Waals surface area contributed by atoms with E-state index < -0.39 is 0 Å². The molecular formula is C14H10Br4O2. The van der Waals surface area contributed by atoms with Gasteiger partial charge in [-0.3, -0.25) is 0 Å². The SMILES string of the molecule is COc1ccc(Br)c(COc2c(Br)cc(Br)cc2Br)c1. The highest BCUT2D eigenvalue weighted by Gasteiger charge is 2.10. The van der Waals surface area contributed by atoms with E-state index in [4.69, 9.17) is 9.47 Å². The summed E-state index contributed by atoms with van der Waals surface area (Å²) in [7, 11) is 1.65. The molecule has 0 atom stereocenters. The number of hydrogen-bond donors (Lipinski definition) is 0. The van der Waals surface area contributed by atoms with E-state index in [-0.39, 0.29) is 0 Å². The van der Waals surface area contributed by atoms with Crippen LogP contribution in [0.2, 0.25) is 0 Å². The Morgan fingerprint density at radius 2 is 1.55 bits per heavy atom. The predicted octanol–water partition coefficient (Wildman–Crippen LogP) is 6.32. The van der Waals surface area contributed by atoms with Crippen LogP contribution in [0.25, 0.3) is 0 Å². The lowest BCUT2D eigenvalue weighted by atomic mass is 10.2. The zero-order valence-corrected chi connectivity index (χ0v) is 16.8. The summed E-state index contributed by atoms with van der Waals surface area (Å²) < 4.78 is 14.9. The maximum atomic E-state index is 5.89. The van der Waals surface area contributed by atoms with Gasteiger partial charge in [-0.2, -0.15) is 0 Å². The van der Waals surface area contributed by atoms with E-state index in [9.17, 15) is 0 Å². The molecule has 0 aliphatic heterocycles. The molecule has 0 spiro atoms. The Balaban J connectivity index is 2.21. The van der Waals surface area contributed by atoms with E-state index in [2.05, 4.69) is 63.7 Å². The number of hydrogen-bond acceptors (Lipinski definition) is 2. The minimum absolute atomic E-state index is 0.441. The van der Waals surface area contributed by atoms with Crippen molar-refractivity contribution in [1.82, 2.24) is 0 Å². The van der Waals surface area contributed by atoms with Gasteiger partial charge in [0.25, 0.3) is 0 Å². The number of halogens is 4. The predicted molar refractivity (Wildman–Crippen MR) is 94.6 cm³/mol. The van der Waals surface area contributed by atoms with Gasteiger partial charge in [0.05, 0.1) is 16.1 Å². The van der Waals surface area contributed by atoms with E-state index in [1.807, 2.05) is 30.3 Å². The Labute approximate surface area is 151 Å². The molecule has 0 aromatic heterocycles. The molecule has 6 heteroatoms. The van der Waals surface area contributed by atoms with Crippen molar-refractivity contribution in [3.05, 3.63) is 53.8 Å². The van der Waals surface area contributed by atoms with Crippen LogP contribution in [0.15, 0.2) is 48.2 Å². The quantitative estimate of drug-likeness (QED) is 0.461. The van der Waals surface area contributed by atoms with Gasteiger partial charge < -0.3 is 9.47 Å². The number of ether oxygens (including phenoxy) is 2. The van der Waals surface area contributed by atoms with Crippen molar-refractivity contribution in [3.63, 3.8) is 0 Å². The summed E-state index contributed by atoms with van der Waals surface area (Å²) in [5, 5.41) is 0. The van der Waals surface area contributed by atoms with Crippen LogP contribution >= 0.6 is 63.7 Å². The fourth-order valence-electron chi connectivity index (χ4n) is 1.61. The second kappa shape index (κ2) is 7.29. The van der Waals surface area contributed by atoms with Crippen molar-refractivity contribution >= 4 is 63.7 Å². The molecule has 0 N–H and O–H groups in total. The molecule has 0 radical (unpaired) electrons. The molecule has 0 heterocycles. The first-order chi connectivity index (χ1) is 9.51. The molecule has 0 bridgehead atoms. The van der Waals surface area contributed by atoms with Crippen LogP contribution in [0, 0.1) is 0 Å². The van der Waals surface area contributed by atoms with E-state index in [0.29, 0.717) is 6.61 Å². The highest BCUT2D eigenvalue weighted by atomic mass is 79.9. The van der Waals surface area contributed by atoms with E-state index >= 15 is 0 Å². The molecule has 0 aliphatic carbocycles. The smallest absolute Gasteiger partial charge is 0.148 e. The third-order valence-corrected chi connectivity index (χ3v) is 5.00. The summed E-state index contributed by atoms with van der Waals surface area (Å²) in [6, 6.07) is 9.69. The average molecular weight is 530 g/mol. The molecule has 0 amide bonds. The lowest BCUT2D eigenvalue weighted by Crippen LogP contribution is -1.98. The zero-order valence-electron chi connectivity index (χ0n) is 10.4. The number of benzene rings is 2. The van der Waals surface area contributed by atoms with Crippen molar-refractivity contribution < 1.29 is 9.47 Å². The molecule has 2 aromatic carbocycles. The molecular weight excluding hydrogens is 520 g/mol. The van der Waals surface area contributed by atoms with Crippen molar-refractivity contribution in [3.8, 4) is 11.5 Å². The lowest BCUT2D eigenvalue weighted by Gasteiger charge is -2.12. The molecule has 0 saturated heterocycles. The van der Waals surface area contributed by atoms with Crippen LogP contribution in [0.3, 0.4) is 0 Å². The fraction of sp³-hybridized carbons (Fsp3) is 0.143. The first-order valence-electron chi connectivity index (χ1n) is 5.61. The van der Waals surface area contributed by atoms with Crippen molar-refractivity contribution in [1.29, 1.82) is 0 Å². The van der Waals surface area contributed by atoms with Gasteiger partial charge in [0.1, 0.15) is 18.1 Å². The second-order valence-corrected chi connectivity index (χ2v) is 7.42. The molecule has 2 nitrogen and oxygen atoms in total. The van der Waals surface area contributed by atoms with Crippen LogP contribution in [-0.4, -0.2) is 7.11 Å². The van der Waals surface area contributed by atoms with Crippen LogP contribution in [0.5, 0.6) is 11.5 Å². The maximum Gasteiger partial charge on any atom is 0.148 e. The minimum Gasteiger partial charge on any atom is -0.497 e. The Hall–Kier alpha value is -0.0400. The molecule has 0 unspecified atom stereocenters. The third kappa shape index (κ3) is 4.00. The Morgan fingerprint density at radius 1 is 0.900 bits per heavy atom. The largest absolute Gasteiger partial charge is 0.497 e. The van der Waals surface area contributed by atoms with Gasteiger partial charge in [0, 0.05) is 14.5 Å². The molecule has 106 valence electrons. The summed E-state index contributed by atoms with van der Waals surface area (Å²) in [6.45, 7) is 0.441. The van der Waals surface area contributed by atoms with Gasteiger partial charge in [-0.1, -0.05) is 31.9 Å². The number of methoxy groups -OCH3 is 1. The Bertz CT molecular complexity index is 606. The normalized spacial score (nSPS) is 10.4. The summed E-state index contributed by atoms with van der Waals surface area (Å²) in [6.07, 6.45) is 0. The summed E-state index contributed by atoms with van der Waals surface area (Å²) in [4.78, 5) is 0. The van der Waals surface area contributed by atoms with Crippen molar-refractivity contribution in [2.45, 2.75) is 6.61 Å². The van der Waals surface area contributed by atoms with Gasteiger partial charge >= 0.3 is 0 Å². The molecule has 2 rings (SSSR count). The van der Waals surface area contributed by atoms with E-state index in [0.717, 1.165) is 35.0 Å². The summed E-state index contributed by atoms with van der Waals surface area (Å²) in [5.41, 5.74) is 1.02. The summed E-state index contributed by atoms with van der Waals surface area (Å²) in [5.74, 6) is 1.57. The molecule has 20 heavy (non-hydrogen) atoms. The van der Waals surface area contributed by atoms with Crippen molar-refractivity contribution in [2.24, 2.45) is 0 Å². The van der Waals surface area contributed by atoms with Crippen molar-refractivity contribution in [2.75, 3.05) is 7.11 Å². The van der Waals surface area contributed by atoms with Gasteiger partial charge in [-0.05, 0) is 62.2 Å². The van der Waals surface area contributed by atoms with Gasteiger partial charge in [0.2, 0.25) is 0 Å². The fourth-order valence-corrected chi connectivity index (χ4v) is 4.45. The molecule has 2 aromatic rings. The monoisotopic (exact) mass is 526 g/mol. The first kappa shape index (κ1) is 16.3. The van der Waals surface area contributed by atoms with Gasteiger partial charge in [-0.15, -0.1) is 0 Å². The van der Waals surface area contributed by atoms with Crippen LogP contribution in [-0.2, 0) is 6.61 Å². The zero-order chi connectivity index (χ0) is 14.7. The van der Waals surface area contributed by atoms with Crippen LogP contribution < -0.4 is 9.47 Å². The number of rotatable bonds is 4. The minimum atomic E-state index is 0.441. The summed E-state index contributed by atoms with van der Waals surface area (Å²) >= 11 is 13.9. The maximum absolute atomic E-state index is 5.89. The van der Waals surface area contributed by atoms with Crippen LogP contribution in [0.4, 0.5) is 0 Å². The third-order valence-electron chi connectivity index (χ3n) is 2.59. The van der Waals surface area contributed by atoms with E-state index in [1.54, 1.807) is 7.11 Å². The lowest BCUT2D eigenvalue weighted by molar-refractivity contribution is 0.300. The Morgan fingerprint density at radius 3 is 2.15 bits per heavy atom. The average Bonchev–Trinajstić information content (AvgIpc) is 2.39. The highest BCUT2D eigenvalue weighted by molar-refractivity contribution is 9.11. The second-order valence-electron chi connectivity index (χ2n) is 3.94. The standard InChI is InChI=1S/C14H10Br4O2/c1-19-10-2-3-11(16)8(4-10)7-20-14-12(17)5-9(15)6-13(14)18/h2-6H,7H2,1H3. The van der Waals surface area contributed by atoms with Gasteiger partial charge in [-0.25, -0.2) is 0 Å². The van der Waals surface area contributed by atoms with Gasteiger partial charge in [0.15, 0.2) is 0 Å². The molecule has 0 aliphatic rings. The van der Waals surface area contributed by atoms with E-state index in [1.165, 1.54) is 0 Å². The molecule has 0 saturated carbocycles. The first-order valence-corrected chi connectivity index (χ1v) is 8.78. The highest BCUT2D eigenvalue weighted by Crippen LogP contribution is 2.37. The topological polar surface area (TPSA) is 18.5 Å². The Kier molecular flexibility index (Phi) is 5.95. The molecule has 0 fully saturated rings.